The zero-order valence-electron chi connectivity index (χ0n) is 51.8. The molecule has 0 N–H and O–H groups in total. The molecule has 5 nitrogen and oxygen atoms in total. The minimum absolute atomic E-state index is 0.0193. The lowest BCUT2D eigenvalue weighted by atomic mass is 9.82. The average Bonchev–Trinajstić information content (AvgIpc) is 3.00. The molecule has 2 aromatic heterocycles. The number of pyridine rings is 1. The van der Waals surface area contributed by atoms with E-state index in [1.54, 1.807) is 6.07 Å². The van der Waals surface area contributed by atoms with Crippen LogP contribution in [-0.2, 0) is 16.2 Å². The third kappa shape index (κ3) is 10.1. The van der Waals surface area contributed by atoms with Crippen molar-refractivity contribution in [3.05, 3.63) is 265 Å². The second kappa shape index (κ2) is 20.8. The smallest absolute Gasteiger partial charge is 0.137 e. The second-order valence-electron chi connectivity index (χ2n) is 25.1. The molecule has 0 fully saturated rings. The highest BCUT2D eigenvalue weighted by atomic mass is 16.5. The fourth-order valence-electron chi connectivity index (χ4n) is 12.0. The normalized spacial score (nSPS) is 13.3. The number of nitrogens with zero attached hydrogens (tertiary/aromatic N) is 4. The molecular weight excluding hydrogens is 1010 g/mol. The number of hydrogen-bond donors (Lipinski definition) is 0. The summed E-state index contributed by atoms with van der Waals surface area (Å²) in [4.78, 5) is 9.73. The zero-order valence-corrected chi connectivity index (χ0v) is 48.8. The number of para-hydroxylation sites is 4. The van der Waals surface area contributed by atoms with Crippen LogP contribution in [0.25, 0.3) is 83.3 Å². The Hall–Kier alpha value is -9.45. The maximum atomic E-state index is 9.72. The fourth-order valence-corrected chi connectivity index (χ4v) is 12.0. The second-order valence-corrected chi connectivity index (χ2v) is 25.1. The molecule has 1 aliphatic rings. The highest BCUT2D eigenvalue weighted by Gasteiger charge is 2.32. The van der Waals surface area contributed by atoms with E-state index in [1.165, 1.54) is 16.7 Å². The maximum Gasteiger partial charge on any atom is 0.137 e. The van der Waals surface area contributed by atoms with E-state index < -0.39 is 0 Å². The van der Waals surface area contributed by atoms with E-state index in [-0.39, 0.29) is 40.1 Å². The van der Waals surface area contributed by atoms with Gasteiger partial charge in [-0.2, -0.15) is 0 Å². The predicted molar refractivity (Wildman–Crippen MR) is 350 cm³/mol. The first-order valence-corrected chi connectivity index (χ1v) is 28.9. The Bertz CT molecular complexity index is 4550. The van der Waals surface area contributed by atoms with Crippen molar-refractivity contribution in [2.75, 3.05) is 16.5 Å². The van der Waals surface area contributed by atoms with E-state index in [4.69, 9.17) is 9.72 Å². The van der Waals surface area contributed by atoms with E-state index in [1.807, 2.05) is 24.4 Å². The quantitative estimate of drug-likeness (QED) is 0.137. The van der Waals surface area contributed by atoms with Gasteiger partial charge in [0, 0.05) is 51.5 Å². The Labute approximate surface area is 494 Å². The fraction of sp³-hybridized carbons (Fsp3) is 0.167. The molecule has 5 heteroatoms. The molecule has 10 aromatic carbocycles. The van der Waals surface area contributed by atoms with Crippen molar-refractivity contribution in [1.82, 2.24) is 9.55 Å². The third-order valence-electron chi connectivity index (χ3n) is 16.4. The van der Waals surface area contributed by atoms with E-state index >= 15 is 0 Å². The van der Waals surface area contributed by atoms with Crippen molar-refractivity contribution in [3.8, 4) is 73.0 Å². The molecule has 0 spiro atoms. The Balaban J connectivity index is 0.969. The number of benzene rings is 10. The van der Waals surface area contributed by atoms with Crippen molar-refractivity contribution in [3.63, 3.8) is 0 Å². The number of aromatic nitrogens is 2. The molecule has 3 heterocycles. The van der Waals surface area contributed by atoms with Crippen LogP contribution in [0, 0.1) is 0 Å². The lowest BCUT2D eigenvalue weighted by Gasteiger charge is -2.28. The van der Waals surface area contributed by atoms with Gasteiger partial charge >= 0.3 is 0 Å². The van der Waals surface area contributed by atoms with Crippen LogP contribution in [0.15, 0.2) is 249 Å². The summed E-state index contributed by atoms with van der Waals surface area (Å²) in [7, 11) is 0. The van der Waals surface area contributed by atoms with Gasteiger partial charge in [-0.3, -0.25) is 4.57 Å². The number of hydrogen-bond acceptors (Lipinski definition) is 4. The number of fused-ring (bicyclic) bond motifs is 4. The van der Waals surface area contributed by atoms with Crippen molar-refractivity contribution in [2.45, 2.75) is 78.6 Å². The molecule has 0 bridgehead atoms. The molecule has 1 aliphatic heterocycles. The molecule has 83 heavy (non-hydrogen) atoms. The molecule has 0 unspecified atom stereocenters. The summed E-state index contributed by atoms with van der Waals surface area (Å²) in [5, 5.41) is 2.11. The Kier molecular flexibility index (Phi) is 12.4. The lowest BCUT2D eigenvalue weighted by Crippen LogP contribution is -2.25. The van der Waals surface area contributed by atoms with Gasteiger partial charge < -0.3 is 14.5 Å². The summed E-state index contributed by atoms with van der Waals surface area (Å²) in [5.41, 5.74) is 19.3. The zero-order chi connectivity index (χ0) is 59.8. The highest BCUT2D eigenvalue weighted by Crippen LogP contribution is 2.51. The van der Waals surface area contributed by atoms with Crippen LogP contribution in [0.3, 0.4) is 0 Å². The van der Waals surface area contributed by atoms with E-state index in [9.17, 15) is 4.11 Å². The number of rotatable bonds is 10. The monoisotopic (exact) mass is 1080 g/mol. The Morgan fingerprint density at radius 3 is 1.64 bits per heavy atom. The largest absolute Gasteiger partial charge is 0.457 e. The summed E-state index contributed by atoms with van der Waals surface area (Å²) in [6.07, 6.45) is 2.01. The average molecular weight is 1080 g/mol. The van der Waals surface area contributed by atoms with Crippen LogP contribution in [0.5, 0.6) is 11.5 Å². The third-order valence-corrected chi connectivity index (χ3v) is 16.4. The lowest BCUT2D eigenvalue weighted by molar-refractivity contribution is 0.483. The van der Waals surface area contributed by atoms with Gasteiger partial charge in [-0.15, -0.1) is 0 Å². The van der Waals surface area contributed by atoms with Gasteiger partial charge in [0.15, 0.2) is 0 Å². The Morgan fingerprint density at radius 1 is 0.422 bits per heavy atom. The minimum atomic E-state index is -0.225. The molecule has 0 saturated carbocycles. The standard InChI is InChI=1S/C78H70N4O/c1-76(2,3)58-41-37-54(38-42-58)63-32-22-33-64(57-28-20-27-56(45-57)52-23-12-10-13-24-52)75(63)81-51-80(70-35-18-19-36-71(70)81)60-29-21-30-61(46-60)83-62-47-66(55-39-43-59(44-40-55)77(4,5)6)74-65-31-16-17-34-69(65)82(72(74)48-62)73-49-68(78(7,8)9)67(50-79-73)53-25-14-11-15-26-53/h10-50H,51H2,1-9H3/i21D,29D,30D. The van der Waals surface area contributed by atoms with Crippen molar-refractivity contribution >= 4 is 44.6 Å². The van der Waals surface area contributed by atoms with E-state index in [0.717, 1.165) is 100 Å². The van der Waals surface area contributed by atoms with Gasteiger partial charge in [0.05, 0.1) is 32.2 Å². The molecule has 0 amide bonds. The molecule has 13 rings (SSSR count). The van der Waals surface area contributed by atoms with Gasteiger partial charge in [0.1, 0.15) is 24.0 Å². The molecule has 0 saturated heterocycles. The van der Waals surface area contributed by atoms with Gasteiger partial charge in [-0.1, -0.05) is 244 Å². The summed E-state index contributed by atoms with van der Waals surface area (Å²) >= 11 is 0. The molecule has 0 aliphatic carbocycles. The summed E-state index contributed by atoms with van der Waals surface area (Å²) in [6.45, 7) is 20.5. The topological polar surface area (TPSA) is 33.5 Å². The Morgan fingerprint density at radius 2 is 0.976 bits per heavy atom. The first-order chi connectivity index (χ1) is 41.3. The van der Waals surface area contributed by atoms with E-state index in [2.05, 4.69) is 277 Å². The van der Waals surface area contributed by atoms with Crippen LogP contribution < -0.4 is 14.5 Å². The van der Waals surface area contributed by atoms with Gasteiger partial charge in [0.25, 0.3) is 0 Å². The number of ether oxygens (including phenoxy) is 1. The van der Waals surface area contributed by atoms with Crippen LogP contribution in [0.4, 0.5) is 22.7 Å². The summed E-state index contributed by atoms with van der Waals surface area (Å²) in [6, 6.07) is 78.6. The molecule has 0 radical (unpaired) electrons. The van der Waals surface area contributed by atoms with Crippen molar-refractivity contribution < 1.29 is 8.85 Å². The van der Waals surface area contributed by atoms with Gasteiger partial charge in [-0.05, 0) is 120 Å². The van der Waals surface area contributed by atoms with E-state index in [0.29, 0.717) is 18.1 Å². The number of anilines is 4. The molecular formula is C78H70N4O. The van der Waals surface area contributed by atoms with Crippen LogP contribution in [0.2, 0.25) is 0 Å². The van der Waals surface area contributed by atoms with Crippen LogP contribution in [-0.4, -0.2) is 16.2 Å². The molecule has 408 valence electrons. The first-order valence-electron chi connectivity index (χ1n) is 30.4. The first kappa shape index (κ1) is 49.4. The molecule has 0 atom stereocenters. The molecule has 12 aromatic rings. The van der Waals surface area contributed by atoms with Crippen LogP contribution >= 0.6 is 0 Å². The maximum absolute atomic E-state index is 9.72. The predicted octanol–water partition coefficient (Wildman–Crippen LogP) is 21.4. The van der Waals surface area contributed by atoms with Gasteiger partial charge in [0.2, 0.25) is 0 Å². The van der Waals surface area contributed by atoms with Crippen molar-refractivity contribution in [1.29, 1.82) is 0 Å². The summed E-state index contributed by atoms with van der Waals surface area (Å²) < 4.78 is 38.2. The van der Waals surface area contributed by atoms with Crippen molar-refractivity contribution in [2.24, 2.45) is 0 Å². The van der Waals surface area contributed by atoms with Gasteiger partial charge in [-0.25, -0.2) is 4.98 Å². The van der Waals surface area contributed by atoms with Crippen LogP contribution in [0.1, 0.15) is 83.1 Å². The highest BCUT2D eigenvalue weighted by molar-refractivity contribution is 6.16. The minimum Gasteiger partial charge on any atom is -0.457 e. The SMILES string of the molecule is [2H]c1c(Oc2cc(-c3ccc(C(C)(C)C)cc3)c3c4ccccc4n(-c4cc(C(C)(C)C)c(-c5ccccc5)cn4)c3c2)cc(N2CN(c3c(-c4ccc(C(C)(C)C)cc4)cccc3-c3cccc(-c4ccccc4)c3)c3ccccc32)c([2H])c1[2H]. The summed E-state index contributed by atoms with van der Waals surface area (Å²) in [5.74, 6) is 1.43.